The number of aromatic nitrogens is 3. The average Bonchev–Trinajstić information content (AvgIpc) is 2.95. The van der Waals surface area contributed by atoms with E-state index in [1.165, 1.54) is 11.8 Å². The monoisotopic (exact) mass is 355 g/mol. The maximum Gasteiger partial charge on any atom is 0.243 e. The molecule has 2 heterocycles. The van der Waals surface area contributed by atoms with Crippen molar-refractivity contribution in [3.8, 4) is 0 Å². The number of carbonyl (C=O) groups is 1. The van der Waals surface area contributed by atoms with Gasteiger partial charge in [0.25, 0.3) is 0 Å². The van der Waals surface area contributed by atoms with Crippen molar-refractivity contribution in [3.63, 3.8) is 0 Å². The lowest BCUT2D eigenvalue weighted by molar-refractivity contribution is -0.120. The van der Waals surface area contributed by atoms with Crippen LogP contribution in [-0.4, -0.2) is 46.5 Å². The van der Waals surface area contributed by atoms with Gasteiger partial charge in [0.15, 0.2) is 5.16 Å². The Morgan fingerprint density at radius 1 is 1.43 bits per heavy atom. The van der Waals surface area contributed by atoms with Gasteiger partial charge in [0.1, 0.15) is 12.4 Å². The molecule has 3 rings (SSSR count). The fourth-order valence-electron chi connectivity index (χ4n) is 2.04. The predicted octanol–water partition coefficient (Wildman–Crippen LogP) is 1.31. The standard InChI is InChI=1S/C14H17N5O2S.ClH/c1-19-9-16-18-14(19)22-11-4-2-10(3-5-11)17-13(20)12-8-21-7-6-15-12;/h2-5,9,12,15H,6-8H2,1H3,(H,17,20);1H. The fourth-order valence-corrected chi connectivity index (χ4v) is 2.80. The Morgan fingerprint density at radius 2 is 2.22 bits per heavy atom. The molecule has 0 aliphatic carbocycles. The molecule has 1 aromatic carbocycles. The van der Waals surface area contributed by atoms with E-state index in [1.54, 1.807) is 6.33 Å². The van der Waals surface area contributed by atoms with E-state index in [1.807, 2.05) is 35.9 Å². The third-order valence-electron chi connectivity index (χ3n) is 3.24. The molecule has 1 unspecified atom stereocenters. The zero-order chi connectivity index (χ0) is 15.4. The number of amides is 1. The van der Waals surface area contributed by atoms with Crippen LogP contribution in [0.3, 0.4) is 0 Å². The molecule has 0 saturated carbocycles. The van der Waals surface area contributed by atoms with Gasteiger partial charge in [0.05, 0.1) is 13.2 Å². The summed E-state index contributed by atoms with van der Waals surface area (Å²) in [6.45, 7) is 1.76. The second-order valence-corrected chi connectivity index (χ2v) is 5.96. The molecule has 2 aromatic rings. The van der Waals surface area contributed by atoms with Gasteiger partial charge in [-0.2, -0.15) is 0 Å². The highest BCUT2D eigenvalue weighted by Gasteiger charge is 2.21. The number of anilines is 1. The number of hydrogen-bond acceptors (Lipinski definition) is 6. The number of benzene rings is 1. The van der Waals surface area contributed by atoms with E-state index < -0.39 is 0 Å². The predicted molar refractivity (Wildman–Crippen MR) is 90.1 cm³/mol. The molecular formula is C14H18ClN5O2S. The molecular weight excluding hydrogens is 338 g/mol. The molecule has 1 aromatic heterocycles. The highest BCUT2D eigenvalue weighted by atomic mass is 35.5. The Hall–Kier alpha value is -1.61. The smallest absolute Gasteiger partial charge is 0.243 e. The average molecular weight is 356 g/mol. The molecule has 2 N–H and O–H groups in total. The van der Waals surface area contributed by atoms with Crippen LogP contribution in [0.4, 0.5) is 5.69 Å². The van der Waals surface area contributed by atoms with Gasteiger partial charge in [-0.05, 0) is 36.0 Å². The first kappa shape index (κ1) is 17.7. The summed E-state index contributed by atoms with van der Waals surface area (Å²) in [5.74, 6) is -0.0756. The Balaban J connectivity index is 0.00000192. The number of carbonyl (C=O) groups excluding carboxylic acids is 1. The Labute approximate surface area is 144 Å². The van der Waals surface area contributed by atoms with Gasteiger partial charge in [-0.25, -0.2) is 0 Å². The van der Waals surface area contributed by atoms with Gasteiger partial charge in [0.2, 0.25) is 5.91 Å². The number of rotatable bonds is 4. The summed E-state index contributed by atoms with van der Waals surface area (Å²) >= 11 is 1.52. The zero-order valence-electron chi connectivity index (χ0n) is 12.6. The molecule has 1 aliphatic heterocycles. The molecule has 1 aliphatic rings. The Morgan fingerprint density at radius 3 is 2.83 bits per heavy atom. The number of morpholine rings is 1. The van der Waals surface area contributed by atoms with Crippen molar-refractivity contribution < 1.29 is 9.53 Å². The molecule has 0 spiro atoms. The summed E-state index contributed by atoms with van der Waals surface area (Å²) < 4.78 is 7.14. The third-order valence-corrected chi connectivity index (χ3v) is 4.30. The van der Waals surface area contributed by atoms with Crippen LogP contribution in [0.2, 0.25) is 0 Å². The molecule has 0 radical (unpaired) electrons. The van der Waals surface area contributed by atoms with Crippen LogP contribution >= 0.6 is 24.2 Å². The van der Waals surface area contributed by atoms with Gasteiger partial charge in [-0.3, -0.25) is 4.79 Å². The first-order valence-electron chi connectivity index (χ1n) is 6.96. The molecule has 1 atom stereocenters. The molecule has 9 heteroatoms. The lowest BCUT2D eigenvalue weighted by Crippen LogP contribution is -2.48. The minimum atomic E-state index is -0.290. The van der Waals surface area contributed by atoms with Crippen molar-refractivity contribution in [1.29, 1.82) is 0 Å². The van der Waals surface area contributed by atoms with Crippen LogP contribution in [0.15, 0.2) is 40.6 Å². The lowest BCUT2D eigenvalue weighted by Gasteiger charge is -2.22. The van der Waals surface area contributed by atoms with E-state index in [4.69, 9.17) is 4.74 Å². The number of halogens is 1. The summed E-state index contributed by atoms with van der Waals surface area (Å²) in [5.41, 5.74) is 0.764. The number of nitrogens with one attached hydrogen (secondary N) is 2. The summed E-state index contributed by atoms with van der Waals surface area (Å²) in [7, 11) is 1.90. The van der Waals surface area contributed by atoms with E-state index >= 15 is 0 Å². The van der Waals surface area contributed by atoms with E-state index in [0.29, 0.717) is 19.8 Å². The molecule has 1 saturated heterocycles. The van der Waals surface area contributed by atoms with Crippen LogP contribution in [-0.2, 0) is 16.6 Å². The van der Waals surface area contributed by atoms with Gasteiger partial charge >= 0.3 is 0 Å². The van der Waals surface area contributed by atoms with E-state index in [9.17, 15) is 4.79 Å². The summed E-state index contributed by atoms with van der Waals surface area (Å²) in [4.78, 5) is 13.1. The van der Waals surface area contributed by atoms with Crippen molar-refractivity contribution in [2.24, 2.45) is 7.05 Å². The maximum absolute atomic E-state index is 12.1. The van der Waals surface area contributed by atoms with Gasteiger partial charge in [0, 0.05) is 24.2 Å². The largest absolute Gasteiger partial charge is 0.378 e. The maximum atomic E-state index is 12.1. The molecule has 1 amide bonds. The van der Waals surface area contributed by atoms with Crippen molar-refractivity contribution in [2.75, 3.05) is 25.1 Å². The van der Waals surface area contributed by atoms with E-state index in [-0.39, 0.29) is 24.4 Å². The molecule has 1 fully saturated rings. The number of nitrogens with zero attached hydrogens (tertiary/aromatic N) is 3. The van der Waals surface area contributed by atoms with Crippen molar-refractivity contribution >= 4 is 35.8 Å². The minimum absolute atomic E-state index is 0. The second kappa shape index (κ2) is 8.30. The van der Waals surface area contributed by atoms with Crippen molar-refractivity contribution in [3.05, 3.63) is 30.6 Å². The lowest BCUT2D eigenvalue weighted by atomic mass is 10.2. The topological polar surface area (TPSA) is 81.1 Å². The summed E-state index contributed by atoms with van der Waals surface area (Å²) in [6.07, 6.45) is 1.66. The molecule has 23 heavy (non-hydrogen) atoms. The summed E-state index contributed by atoms with van der Waals surface area (Å²) in [6, 6.07) is 7.35. The second-order valence-electron chi connectivity index (χ2n) is 4.92. The highest BCUT2D eigenvalue weighted by Crippen LogP contribution is 2.26. The first-order chi connectivity index (χ1) is 10.7. The van der Waals surface area contributed by atoms with E-state index in [2.05, 4.69) is 20.8 Å². The van der Waals surface area contributed by atoms with Crippen LogP contribution < -0.4 is 10.6 Å². The van der Waals surface area contributed by atoms with Crippen molar-refractivity contribution in [1.82, 2.24) is 20.1 Å². The van der Waals surface area contributed by atoms with Crippen LogP contribution in [0, 0.1) is 0 Å². The molecule has 0 bridgehead atoms. The normalized spacial score (nSPS) is 17.3. The Kier molecular flexibility index (Phi) is 6.40. The highest BCUT2D eigenvalue weighted by molar-refractivity contribution is 7.99. The first-order valence-corrected chi connectivity index (χ1v) is 7.78. The quantitative estimate of drug-likeness (QED) is 0.860. The van der Waals surface area contributed by atoms with Crippen LogP contribution in [0.25, 0.3) is 0 Å². The van der Waals surface area contributed by atoms with Crippen LogP contribution in [0.5, 0.6) is 0 Å². The zero-order valence-corrected chi connectivity index (χ0v) is 14.2. The van der Waals surface area contributed by atoms with E-state index in [0.717, 1.165) is 15.7 Å². The third kappa shape index (κ3) is 4.68. The number of ether oxygens (including phenoxy) is 1. The van der Waals surface area contributed by atoms with Gasteiger partial charge in [-0.1, -0.05) is 0 Å². The van der Waals surface area contributed by atoms with Gasteiger partial charge in [-0.15, -0.1) is 22.6 Å². The number of aryl methyl sites for hydroxylation is 1. The SMILES string of the molecule is Cl.Cn1cnnc1Sc1ccc(NC(=O)C2COCCN2)cc1. The van der Waals surface area contributed by atoms with Crippen LogP contribution in [0.1, 0.15) is 0 Å². The van der Waals surface area contributed by atoms with Crippen molar-refractivity contribution in [2.45, 2.75) is 16.1 Å². The minimum Gasteiger partial charge on any atom is -0.378 e. The Bertz CT molecular complexity index is 643. The summed E-state index contributed by atoms with van der Waals surface area (Å²) in [5, 5.41) is 14.7. The molecule has 7 nitrogen and oxygen atoms in total. The number of hydrogen-bond donors (Lipinski definition) is 2. The van der Waals surface area contributed by atoms with Gasteiger partial charge < -0.3 is 19.9 Å². The fraction of sp³-hybridized carbons (Fsp3) is 0.357. The molecule has 124 valence electrons.